The van der Waals surface area contributed by atoms with E-state index >= 15 is 0 Å². The average molecular weight is 321 g/mol. The molecule has 0 unspecified atom stereocenters. The Kier molecular flexibility index (Phi) is 5.31. The highest BCUT2D eigenvalue weighted by Gasteiger charge is 1.98. The van der Waals surface area contributed by atoms with Crippen molar-refractivity contribution in [1.29, 1.82) is 0 Å². The summed E-state index contributed by atoms with van der Waals surface area (Å²) >= 11 is 3.26. The minimum Gasteiger partial charge on any atom is -0.373 e. The standard InChI is InChI=1S/C16H14BrFO/c17-15-9-14(10-16(18)11-15)12-19-8-4-7-13-5-2-1-3-6-13/h1-7,9-11H,8,12H2. The maximum atomic E-state index is 13.1. The molecule has 2 rings (SSSR count). The predicted molar refractivity (Wildman–Crippen MR) is 79.2 cm³/mol. The molecule has 0 aliphatic heterocycles. The van der Waals surface area contributed by atoms with E-state index in [2.05, 4.69) is 15.9 Å². The van der Waals surface area contributed by atoms with E-state index in [9.17, 15) is 4.39 Å². The van der Waals surface area contributed by atoms with Gasteiger partial charge < -0.3 is 4.74 Å². The Hall–Kier alpha value is -1.45. The van der Waals surface area contributed by atoms with Crippen LogP contribution in [-0.4, -0.2) is 6.61 Å². The van der Waals surface area contributed by atoms with Crippen LogP contribution in [0.5, 0.6) is 0 Å². The van der Waals surface area contributed by atoms with Gasteiger partial charge in [-0.3, -0.25) is 0 Å². The van der Waals surface area contributed by atoms with Gasteiger partial charge in [0.05, 0.1) is 13.2 Å². The molecule has 0 saturated carbocycles. The van der Waals surface area contributed by atoms with Crippen LogP contribution in [0.15, 0.2) is 59.1 Å². The highest BCUT2D eigenvalue weighted by atomic mass is 79.9. The fourth-order valence-corrected chi connectivity index (χ4v) is 2.20. The summed E-state index contributed by atoms with van der Waals surface area (Å²) in [5.41, 5.74) is 1.96. The van der Waals surface area contributed by atoms with Crippen molar-refractivity contribution in [3.05, 3.63) is 76.0 Å². The first-order valence-electron chi connectivity index (χ1n) is 5.98. The molecule has 2 aromatic carbocycles. The van der Waals surface area contributed by atoms with Gasteiger partial charge in [-0.05, 0) is 29.3 Å². The lowest BCUT2D eigenvalue weighted by molar-refractivity contribution is 0.149. The molecule has 0 radical (unpaired) electrons. The van der Waals surface area contributed by atoms with Crippen LogP contribution in [0.2, 0.25) is 0 Å². The number of benzene rings is 2. The van der Waals surface area contributed by atoms with E-state index in [4.69, 9.17) is 4.74 Å². The maximum Gasteiger partial charge on any atom is 0.124 e. The minimum absolute atomic E-state index is 0.257. The summed E-state index contributed by atoms with van der Waals surface area (Å²) in [5, 5.41) is 0. The summed E-state index contributed by atoms with van der Waals surface area (Å²) in [6.07, 6.45) is 3.95. The lowest BCUT2D eigenvalue weighted by atomic mass is 10.2. The van der Waals surface area contributed by atoms with E-state index in [1.165, 1.54) is 12.1 Å². The number of rotatable bonds is 5. The number of halogens is 2. The molecular weight excluding hydrogens is 307 g/mol. The zero-order valence-corrected chi connectivity index (χ0v) is 11.9. The van der Waals surface area contributed by atoms with Crippen molar-refractivity contribution in [3.63, 3.8) is 0 Å². The van der Waals surface area contributed by atoms with E-state index in [0.717, 1.165) is 15.6 Å². The Bertz CT molecular complexity index is 532. The Labute approximate surface area is 120 Å². The molecule has 3 heteroatoms. The predicted octanol–water partition coefficient (Wildman–Crippen LogP) is 4.82. The summed E-state index contributed by atoms with van der Waals surface area (Å²) in [6.45, 7) is 0.901. The van der Waals surface area contributed by atoms with Gasteiger partial charge in [0.25, 0.3) is 0 Å². The Morgan fingerprint density at radius 1 is 1.11 bits per heavy atom. The van der Waals surface area contributed by atoms with E-state index in [1.54, 1.807) is 0 Å². The third-order valence-electron chi connectivity index (χ3n) is 2.52. The summed E-state index contributed by atoms with van der Waals surface area (Å²) in [5.74, 6) is -0.257. The molecule has 0 fully saturated rings. The van der Waals surface area contributed by atoms with Crippen LogP contribution in [0, 0.1) is 5.82 Å². The first-order chi connectivity index (χ1) is 9.24. The van der Waals surface area contributed by atoms with Crippen molar-refractivity contribution in [3.8, 4) is 0 Å². The van der Waals surface area contributed by atoms with Crippen molar-refractivity contribution >= 4 is 22.0 Å². The fraction of sp³-hybridized carbons (Fsp3) is 0.125. The van der Waals surface area contributed by atoms with Gasteiger partial charge in [-0.15, -0.1) is 0 Å². The summed E-state index contributed by atoms with van der Waals surface area (Å²) in [4.78, 5) is 0. The van der Waals surface area contributed by atoms with Crippen molar-refractivity contribution in [2.75, 3.05) is 6.61 Å². The van der Waals surface area contributed by atoms with E-state index in [1.807, 2.05) is 48.6 Å². The van der Waals surface area contributed by atoms with Crippen molar-refractivity contribution < 1.29 is 9.13 Å². The van der Waals surface area contributed by atoms with Crippen molar-refractivity contribution in [1.82, 2.24) is 0 Å². The number of hydrogen-bond acceptors (Lipinski definition) is 1. The third-order valence-corrected chi connectivity index (χ3v) is 2.97. The van der Waals surface area contributed by atoms with Crippen LogP contribution in [0.4, 0.5) is 4.39 Å². The minimum atomic E-state index is -0.257. The highest BCUT2D eigenvalue weighted by molar-refractivity contribution is 9.10. The summed E-state index contributed by atoms with van der Waals surface area (Å²) in [7, 11) is 0. The first kappa shape index (κ1) is 14.0. The normalized spacial score (nSPS) is 11.1. The molecule has 98 valence electrons. The summed E-state index contributed by atoms with van der Waals surface area (Å²) in [6, 6.07) is 14.8. The lowest BCUT2D eigenvalue weighted by Gasteiger charge is -2.03. The molecule has 0 amide bonds. The second-order valence-corrected chi connectivity index (χ2v) is 5.02. The average Bonchev–Trinajstić information content (AvgIpc) is 2.38. The molecule has 2 aromatic rings. The summed E-state index contributed by atoms with van der Waals surface area (Å²) < 4.78 is 19.3. The molecule has 0 aliphatic rings. The number of hydrogen-bond donors (Lipinski definition) is 0. The second kappa shape index (κ2) is 7.22. The number of ether oxygens (including phenoxy) is 1. The molecule has 0 N–H and O–H groups in total. The Morgan fingerprint density at radius 3 is 2.63 bits per heavy atom. The van der Waals surface area contributed by atoms with Crippen LogP contribution in [-0.2, 0) is 11.3 Å². The Balaban J connectivity index is 1.79. The quantitative estimate of drug-likeness (QED) is 0.718. The van der Waals surface area contributed by atoms with Gasteiger partial charge in [-0.25, -0.2) is 4.39 Å². The second-order valence-electron chi connectivity index (χ2n) is 4.11. The van der Waals surface area contributed by atoms with E-state index in [0.29, 0.717) is 13.2 Å². The molecule has 0 aromatic heterocycles. The Morgan fingerprint density at radius 2 is 1.89 bits per heavy atom. The zero-order valence-electron chi connectivity index (χ0n) is 10.4. The molecule has 0 atom stereocenters. The largest absolute Gasteiger partial charge is 0.373 e. The molecular formula is C16H14BrFO. The van der Waals surface area contributed by atoms with Gasteiger partial charge in [-0.1, -0.05) is 58.4 Å². The molecule has 19 heavy (non-hydrogen) atoms. The molecule has 0 aliphatic carbocycles. The first-order valence-corrected chi connectivity index (χ1v) is 6.77. The van der Waals surface area contributed by atoms with Gasteiger partial charge in [0.15, 0.2) is 0 Å². The van der Waals surface area contributed by atoms with Crippen LogP contribution < -0.4 is 0 Å². The molecule has 0 saturated heterocycles. The molecule has 0 bridgehead atoms. The van der Waals surface area contributed by atoms with Gasteiger partial charge in [0.1, 0.15) is 5.82 Å². The van der Waals surface area contributed by atoms with Gasteiger partial charge in [0, 0.05) is 4.47 Å². The van der Waals surface area contributed by atoms with Crippen LogP contribution in [0.1, 0.15) is 11.1 Å². The van der Waals surface area contributed by atoms with Crippen LogP contribution in [0.25, 0.3) is 6.08 Å². The van der Waals surface area contributed by atoms with Crippen molar-refractivity contribution in [2.45, 2.75) is 6.61 Å². The van der Waals surface area contributed by atoms with Crippen molar-refractivity contribution in [2.24, 2.45) is 0 Å². The zero-order chi connectivity index (χ0) is 13.5. The van der Waals surface area contributed by atoms with Gasteiger partial charge in [-0.2, -0.15) is 0 Å². The van der Waals surface area contributed by atoms with Crippen LogP contribution in [0.3, 0.4) is 0 Å². The SMILES string of the molecule is Fc1cc(Br)cc(COCC=Cc2ccccc2)c1. The van der Waals surface area contributed by atoms with Crippen LogP contribution >= 0.6 is 15.9 Å². The molecule has 1 nitrogen and oxygen atoms in total. The topological polar surface area (TPSA) is 9.23 Å². The lowest BCUT2D eigenvalue weighted by Crippen LogP contribution is -1.93. The molecule has 0 spiro atoms. The smallest absolute Gasteiger partial charge is 0.124 e. The van der Waals surface area contributed by atoms with Gasteiger partial charge >= 0.3 is 0 Å². The third kappa shape index (κ3) is 4.97. The van der Waals surface area contributed by atoms with E-state index < -0.39 is 0 Å². The maximum absolute atomic E-state index is 13.1. The fourth-order valence-electron chi connectivity index (χ4n) is 1.69. The van der Waals surface area contributed by atoms with Gasteiger partial charge in [0.2, 0.25) is 0 Å². The highest BCUT2D eigenvalue weighted by Crippen LogP contribution is 2.15. The van der Waals surface area contributed by atoms with E-state index in [-0.39, 0.29) is 5.82 Å². The molecule has 0 heterocycles. The monoisotopic (exact) mass is 320 g/mol.